The maximum absolute atomic E-state index is 11.8. The molecule has 0 spiro atoms. The first-order valence-corrected chi connectivity index (χ1v) is 8.26. The Bertz CT molecular complexity index is 766. The average molecular weight is 356 g/mol. The summed E-state index contributed by atoms with van der Waals surface area (Å²) in [5.41, 5.74) is 0.834. The quantitative estimate of drug-likeness (QED) is 0.432. The number of hydrogen-bond donors (Lipinski definition) is 0. The Morgan fingerprint density at radius 1 is 1.00 bits per heavy atom. The molecule has 0 aromatic heterocycles. The highest BCUT2D eigenvalue weighted by Gasteiger charge is 2.10. The third kappa shape index (κ3) is 4.92. The molecule has 6 nitrogen and oxygen atoms in total. The number of esters is 1. The standard InChI is InChI=1S/C20H20O6/c1-22-16-4-6-17(7-5-16)23-10-13-26-20(21)9-3-15-2-8-18-19(14-15)25-12-11-24-18/h2-9,14H,10-13H2,1H3/b9-3+. The lowest BCUT2D eigenvalue weighted by molar-refractivity contribution is -0.138. The molecule has 0 radical (unpaired) electrons. The fourth-order valence-corrected chi connectivity index (χ4v) is 2.35. The molecule has 1 aliphatic rings. The molecule has 136 valence electrons. The van der Waals surface area contributed by atoms with Crippen LogP contribution < -0.4 is 18.9 Å². The van der Waals surface area contributed by atoms with Gasteiger partial charge in [0, 0.05) is 6.08 Å². The van der Waals surface area contributed by atoms with Crippen LogP contribution in [0.3, 0.4) is 0 Å². The average Bonchev–Trinajstić information content (AvgIpc) is 2.70. The molecule has 0 N–H and O–H groups in total. The van der Waals surface area contributed by atoms with Crippen LogP contribution in [-0.2, 0) is 9.53 Å². The van der Waals surface area contributed by atoms with Crippen LogP contribution >= 0.6 is 0 Å². The molecule has 26 heavy (non-hydrogen) atoms. The van der Waals surface area contributed by atoms with Gasteiger partial charge in [0.05, 0.1) is 7.11 Å². The third-order valence-electron chi connectivity index (χ3n) is 3.63. The highest BCUT2D eigenvalue weighted by molar-refractivity contribution is 5.87. The molecule has 3 rings (SSSR count). The summed E-state index contributed by atoms with van der Waals surface area (Å²) in [5.74, 6) is 2.41. The van der Waals surface area contributed by atoms with Crippen LogP contribution in [0.5, 0.6) is 23.0 Å². The Morgan fingerprint density at radius 3 is 2.50 bits per heavy atom. The Labute approximate surface area is 151 Å². The minimum absolute atomic E-state index is 0.163. The van der Waals surface area contributed by atoms with Gasteiger partial charge in [-0.15, -0.1) is 0 Å². The zero-order valence-corrected chi connectivity index (χ0v) is 14.5. The molecule has 1 heterocycles. The van der Waals surface area contributed by atoms with E-state index in [9.17, 15) is 4.79 Å². The number of carbonyl (C=O) groups is 1. The van der Waals surface area contributed by atoms with Crippen molar-refractivity contribution in [3.63, 3.8) is 0 Å². The Kier molecular flexibility index (Phi) is 5.98. The maximum Gasteiger partial charge on any atom is 0.330 e. The molecule has 1 aliphatic heterocycles. The Morgan fingerprint density at radius 2 is 1.73 bits per heavy atom. The first-order valence-electron chi connectivity index (χ1n) is 8.26. The molecule has 2 aromatic rings. The van der Waals surface area contributed by atoms with Gasteiger partial charge in [-0.3, -0.25) is 0 Å². The number of methoxy groups -OCH3 is 1. The lowest BCUT2D eigenvalue weighted by atomic mass is 10.2. The van der Waals surface area contributed by atoms with Crippen molar-refractivity contribution in [2.45, 2.75) is 0 Å². The molecule has 0 unspecified atom stereocenters. The summed E-state index contributed by atoms with van der Waals surface area (Å²) in [6.07, 6.45) is 3.05. The largest absolute Gasteiger partial charge is 0.497 e. The molecular weight excluding hydrogens is 336 g/mol. The second-order valence-electron chi connectivity index (χ2n) is 5.43. The second kappa shape index (κ2) is 8.80. The van der Waals surface area contributed by atoms with Crippen molar-refractivity contribution in [2.24, 2.45) is 0 Å². The highest BCUT2D eigenvalue weighted by atomic mass is 16.6. The number of fused-ring (bicyclic) bond motifs is 1. The summed E-state index contributed by atoms with van der Waals surface area (Å²) in [7, 11) is 1.60. The van der Waals surface area contributed by atoms with Gasteiger partial charge in [0.25, 0.3) is 0 Å². The van der Waals surface area contributed by atoms with E-state index < -0.39 is 5.97 Å². The Balaban J connectivity index is 1.41. The number of hydrogen-bond acceptors (Lipinski definition) is 6. The van der Waals surface area contributed by atoms with Crippen molar-refractivity contribution in [3.8, 4) is 23.0 Å². The van der Waals surface area contributed by atoms with E-state index in [0.717, 1.165) is 11.3 Å². The van der Waals surface area contributed by atoms with Crippen molar-refractivity contribution in [3.05, 3.63) is 54.1 Å². The van der Waals surface area contributed by atoms with Gasteiger partial charge in [-0.05, 0) is 48.0 Å². The van der Waals surface area contributed by atoms with Gasteiger partial charge in [-0.1, -0.05) is 6.07 Å². The van der Waals surface area contributed by atoms with E-state index in [1.807, 2.05) is 18.2 Å². The number of carbonyl (C=O) groups excluding carboxylic acids is 1. The van der Waals surface area contributed by atoms with Crippen molar-refractivity contribution in [1.82, 2.24) is 0 Å². The molecule has 0 fully saturated rings. The van der Waals surface area contributed by atoms with Crippen LogP contribution in [0.1, 0.15) is 5.56 Å². The van der Waals surface area contributed by atoms with E-state index in [4.69, 9.17) is 23.7 Å². The fourth-order valence-electron chi connectivity index (χ4n) is 2.35. The molecule has 2 aromatic carbocycles. The van der Waals surface area contributed by atoms with E-state index >= 15 is 0 Å². The smallest absolute Gasteiger partial charge is 0.330 e. The molecular formula is C20H20O6. The molecule has 0 aliphatic carbocycles. The summed E-state index contributed by atoms with van der Waals surface area (Å²) in [6.45, 7) is 1.51. The molecule has 0 bridgehead atoms. The number of rotatable bonds is 7. The minimum Gasteiger partial charge on any atom is -0.497 e. The summed E-state index contributed by atoms with van der Waals surface area (Å²) in [5, 5.41) is 0. The van der Waals surface area contributed by atoms with Gasteiger partial charge < -0.3 is 23.7 Å². The summed E-state index contributed by atoms with van der Waals surface area (Å²) in [6, 6.07) is 12.7. The van der Waals surface area contributed by atoms with Gasteiger partial charge in [-0.2, -0.15) is 0 Å². The Hall–Kier alpha value is -3.15. The van der Waals surface area contributed by atoms with E-state index in [1.54, 1.807) is 37.5 Å². The summed E-state index contributed by atoms with van der Waals surface area (Å²) in [4.78, 5) is 11.8. The molecule has 0 atom stereocenters. The van der Waals surface area contributed by atoms with E-state index in [-0.39, 0.29) is 13.2 Å². The van der Waals surface area contributed by atoms with E-state index in [1.165, 1.54) is 6.08 Å². The topological polar surface area (TPSA) is 63.2 Å². The van der Waals surface area contributed by atoms with Gasteiger partial charge in [0.2, 0.25) is 0 Å². The zero-order valence-electron chi connectivity index (χ0n) is 14.5. The predicted octanol–water partition coefficient (Wildman–Crippen LogP) is 3.10. The van der Waals surface area contributed by atoms with Crippen molar-refractivity contribution >= 4 is 12.0 Å². The van der Waals surface area contributed by atoms with E-state index in [0.29, 0.717) is 30.5 Å². The van der Waals surface area contributed by atoms with Gasteiger partial charge >= 0.3 is 5.97 Å². The first kappa shape index (κ1) is 17.7. The molecule has 6 heteroatoms. The lowest BCUT2D eigenvalue weighted by Gasteiger charge is -2.18. The van der Waals surface area contributed by atoms with Gasteiger partial charge in [-0.25, -0.2) is 4.79 Å². The minimum atomic E-state index is -0.432. The van der Waals surface area contributed by atoms with Crippen LogP contribution in [0.15, 0.2) is 48.5 Å². The van der Waals surface area contributed by atoms with Gasteiger partial charge in [0.1, 0.15) is 37.9 Å². The molecule has 0 amide bonds. The van der Waals surface area contributed by atoms with Crippen molar-refractivity contribution < 1.29 is 28.5 Å². The van der Waals surface area contributed by atoms with Crippen LogP contribution in [0, 0.1) is 0 Å². The van der Waals surface area contributed by atoms with Crippen LogP contribution in [0.2, 0.25) is 0 Å². The molecule has 0 saturated carbocycles. The monoisotopic (exact) mass is 356 g/mol. The van der Waals surface area contributed by atoms with Gasteiger partial charge in [0.15, 0.2) is 11.5 Å². The van der Waals surface area contributed by atoms with Crippen LogP contribution in [-0.4, -0.2) is 39.5 Å². The number of benzene rings is 2. The summed E-state index contributed by atoms with van der Waals surface area (Å²) < 4.78 is 26.6. The predicted molar refractivity (Wildman–Crippen MR) is 95.9 cm³/mol. The number of ether oxygens (including phenoxy) is 5. The van der Waals surface area contributed by atoms with Crippen LogP contribution in [0.4, 0.5) is 0 Å². The second-order valence-corrected chi connectivity index (χ2v) is 5.43. The maximum atomic E-state index is 11.8. The third-order valence-corrected chi connectivity index (χ3v) is 3.63. The normalized spacial score (nSPS) is 12.7. The summed E-state index contributed by atoms with van der Waals surface area (Å²) >= 11 is 0. The van der Waals surface area contributed by atoms with Crippen molar-refractivity contribution in [2.75, 3.05) is 33.5 Å². The molecule has 0 saturated heterocycles. The van der Waals surface area contributed by atoms with E-state index in [2.05, 4.69) is 0 Å². The van der Waals surface area contributed by atoms with Crippen LogP contribution in [0.25, 0.3) is 6.08 Å². The SMILES string of the molecule is COc1ccc(OCCOC(=O)/C=C/c2ccc3c(c2)OCCO3)cc1. The van der Waals surface area contributed by atoms with Crippen molar-refractivity contribution in [1.29, 1.82) is 0 Å². The fraction of sp³-hybridized carbons (Fsp3) is 0.250. The zero-order chi connectivity index (χ0) is 18.2. The first-order chi connectivity index (χ1) is 12.7. The lowest BCUT2D eigenvalue weighted by Crippen LogP contribution is -2.15. The highest BCUT2D eigenvalue weighted by Crippen LogP contribution is 2.31.